The molecule has 0 fully saturated rings. The van der Waals surface area contributed by atoms with E-state index in [9.17, 15) is 19.8 Å². The van der Waals surface area contributed by atoms with Crippen molar-refractivity contribution < 1.29 is 24.5 Å². The van der Waals surface area contributed by atoms with Crippen LogP contribution in [0.3, 0.4) is 0 Å². The summed E-state index contributed by atoms with van der Waals surface area (Å²) < 4.78 is 5.50. The molecule has 0 heterocycles. The van der Waals surface area contributed by atoms with Gasteiger partial charge < -0.3 is 20.3 Å². The first-order chi connectivity index (χ1) is 38.5. The molecule has 0 saturated heterocycles. The number of aliphatic hydroxyl groups is 2. The van der Waals surface area contributed by atoms with Gasteiger partial charge in [-0.25, -0.2) is 0 Å². The second-order valence-electron chi connectivity index (χ2n) is 24.6. The van der Waals surface area contributed by atoms with Gasteiger partial charge in [0.15, 0.2) is 0 Å². The molecule has 78 heavy (non-hydrogen) atoms. The fraction of sp³-hybridized carbons (Fsp3) is 0.917. The van der Waals surface area contributed by atoms with Crippen LogP contribution in [0.25, 0.3) is 0 Å². The summed E-state index contributed by atoms with van der Waals surface area (Å²) in [4.78, 5) is 24.7. The molecular weight excluding hydrogens is 959 g/mol. The zero-order valence-electron chi connectivity index (χ0n) is 52.9. The second kappa shape index (κ2) is 67.8. The summed E-state index contributed by atoms with van der Waals surface area (Å²) in [5.74, 6) is -0.0354. The van der Waals surface area contributed by atoms with E-state index in [1.165, 1.54) is 321 Å². The number of esters is 1. The Bertz CT molecular complexity index is 1220. The van der Waals surface area contributed by atoms with Crippen molar-refractivity contribution in [2.45, 2.75) is 411 Å². The number of carbonyl (C=O) groups excluding carboxylic acids is 2. The van der Waals surface area contributed by atoms with Gasteiger partial charge >= 0.3 is 5.97 Å². The number of unbranched alkanes of at least 4 members (excludes halogenated alkanes) is 52. The van der Waals surface area contributed by atoms with Gasteiger partial charge in [-0.3, -0.25) is 9.59 Å². The van der Waals surface area contributed by atoms with Crippen LogP contribution in [0, 0.1) is 0 Å². The lowest BCUT2D eigenvalue weighted by Gasteiger charge is -2.22. The molecule has 6 nitrogen and oxygen atoms in total. The highest BCUT2D eigenvalue weighted by Gasteiger charge is 2.20. The number of hydrogen-bond donors (Lipinski definition) is 3. The smallest absolute Gasteiger partial charge is 0.305 e. The standard InChI is InChI=1S/C72H139NO5/c1-3-5-7-9-11-13-15-17-19-21-23-24-25-26-29-32-36-40-44-48-52-56-60-64-70(75)69(68-74)73-71(76)65-61-57-53-49-45-41-37-33-30-27-31-35-39-43-47-51-55-59-63-67-78-72(77)66-62-58-54-50-46-42-38-34-28-22-20-18-16-14-12-10-8-6-4-2/h18,20,27,30,69-70,74-75H,3-17,19,21-26,28-29,31-68H2,1-2H3,(H,73,76)/b20-18-,30-27-. The second-order valence-corrected chi connectivity index (χ2v) is 24.6. The topological polar surface area (TPSA) is 95.9 Å². The summed E-state index contributed by atoms with van der Waals surface area (Å²) >= 11 is 0. The highest BCUT2D eigenvalue weighted by atomic mass is 16.5. The molecule has 0 aliphatic heterocycles. The molecule has 0 aromatic rings. The van der Waals surface area contributed by atoms with Gasteiger partial charge in [0.2, 0.25) is 5.91 Å². The number of rotatable bonds is 67. The Balaban J connectivity index is 3.42. The SMILES string of the molecule is CCCCCCCC/C=C\CCCCCCCCCCCC(=O)OCCCCCCCCCC/C=C\CCCCCCCCCC(=O)NC(CO)C(O)CCCCCCCCCCCCCCCCCCCCCCCCC. The quantitative estimate of drug-likeness (QED) is 0.0320. The molecule has 3 N–H and O–H groups in total. The lowest BCUT2D eigenvalue weighted by Crippen LogP contribution is -2.45. The summed E-state index contributed by atoms with van der Waals surface area (Å²) in [6, 6.07) is -0.550. The maximum atomic E-state index is 12.5. The minimum Gasteiger partial charge on any atom is -0.466 e. The van der Waals surface area contributed by atoms with Gasteiger partial charge in [0.25, 0.3) is 0 Å². The zero-order chi connectivity index (χ0) is 56.4. The normalized spacial score (nSPS) is 12.6. The summed E-state index contributed by atoms with van der Waals surface area (Å²) in [5.41, 5.74) is 0. The van der Waals surface area contributed by atoms with Crippen molar-refractivity contribution in [1.82, 2.24) is 5.32 Å². The van der Waals surface area contributed by atoms with Crippen molar-refractivity contribution in [3.05, 3.63) is 24.3 Å². The number of ether oxygens (including phenoxy) is 1. The van der Waals surface area contributed by atoms with Crippen molar-refractivity contribution in [2.75, 3.05) is 13.2 Å². The van der Waals surface area contributed by atoms with E-state index in [0.717, 1.165) is 44.9 Å². The first kappa shape index (κ1) is 76.3. The Kier molecular flexibility index (Phi) is 66.4. The number of nitrogens with one attached hydrogen (secondary N) is 1. The Hall–Kier alpha value is -1.66. The maximum absolute atomic E-state index is 12.5. The fourth-order valence-corrected chi connectivity index (χ4v) is 11.3. The number of allylic oxidation sites excluding steroid dienone is 4. The molecule has 0 aromatic carbocycles. The van der Waals surface area contributed by atoms with Gasteiger partial charge in [0.1, 0.15) is 0 Å². The van der Waals surface area contributed by atoms with E-state index >= 15 is 0 Å². The van der Waals surface area contributed by atoms with Crippen LogP contribution in [0.5, 0.6) is 0 Å². The summed E-state index contributed by atoms with van der Waals surface area (Å²) in [6.45, 7) is 4.98. The third-order valence-corrected chi connectivity index (χ3v) is 16.7. The molecule has 0 spiro atoms. The lowest BCUT2D eigenvalue weighted by atomic mass is 10.0. The molecule has 0 aliphatic carbocycles. The van der Waals surface area contributed by atoms with Crippen molar-refractivity contribution in [2.24, 2.45) is 0 Å². The average Bonchev–Trinajstić information content (AvgIpc) is 3.44. The first-order valence-corrected chi connectivity index (χ1v) is 35.6. The van der Waals surface area contributed by atoms with Crippen molar-refractivity contribution in [3.8, 4) is 0 Å². The molecule has 2 atom stereocenters. The zero-order valence-corrected chi connectivity index (χ0v) is 52.9. The third-order valence-electron chi connectivity index (χ3n) is 16.7. The van der Waals surface area contributed by atoms with Crippen molar-refractivity contribution in [3.63, 3.8) is 0 Å². The maximum Gasteiger partial charge on any atom is 0.305 e. The van der Waals surface area contributed by atoms with Gasteiger partial charge in [-0.2, -0.15) is 0 Å². The van der Waals surface area contributed by atoms with Crippen LogP contribution < -0.4 is 5.32 Å². The molecule has 0 aromatic heterocycles. The average molecular weight is 1100 g/mol. The molecule has 462 valence electrons. The summed E-state index contributed by atoms with van der Waals surface area (Å²) in [5, 5.41) is 23.4. The molecule has 1 amide bonds. The fourth-order valence-electron chi connectivity index (χ4n) is 11.3. The predicted molar refractivity (Wildman–Crippen MR) is 343 cm³/mol. The molecular formula is C72H139NO5. The van der Waals surface area contributed by atoms with E-state index in [1.54, 1.807) is 0 Å². The summed E-state index contributed by atoms with van der Waals surface area (Å²) in [7, 11) is 0. The third kappa shape index (κ3) is 63.5. The van der Waals surface area contributed by atoms with E-state index in [0.29, 0.717) is 25.9 Å². The molecule has 0 saturated carbocycles. The van der Waals surface area contributed by atoms with Gasteiger partial charge in [-0.1, -0.05) is 334 Å². The van der Waals surface area contributed by atoms with Crippen LogP contribution >= 0.6 is 0 Å². The first-order valence-electron chi connectivity index (χ1n) is 35.6. The molecule has 0 rings (SSSR count). The highest BCUT2D eigenvalue weighted by molar-refractivity contribution is 5.76. The number of hydrogen-bond acceptors (Lipinski definition) is 5. The Morgan fingerprint density at radius 3 is 0.910 bits per heavy atom. The van der Waals surface area contributed by atoms with Crippen LogP contribution in [-0.2, 0) is 14.3 Å². The number of carbonyl (C=O) groups is 2. The van der Waals surface area contributed by atoms with Crippen molar-refractivity contribution in [1.29, 1.82) is 0 Å². The number of amides is 1. The van der Waals surface area contributed by atoms with Gasteiger partial charge in [0.05, 0.1) is 25.4 Å². The van der Waals surface area contributed by atoms with E-state index in [2.05, 4.69) is 43.5 Å². The van der Waals surface area contributed by atoms with Crippen LogP contribution in [0.1, 0.15) is 399 Å². The van der Waals surface area contributed by atoms with E-state index in [4.69, 9.17) is 4.74 Å². The van der Waals surface area contributed by atoms with E-state index in [1.807, 2.05) is 0 Å². The Labute approximate surface area is 488 Å². The molecule has 0 bridgehead atoms. The van der Waals surface area contributed by atoms with Crippen LogP contribution in [-0.4, -0.2) is 47.4 Å². The molecule has 6 heteroatoms. The van der Waals surface area contributed by atoms with Gasteiger partial charge in [0, 0.05) is 12.8 Å². The summed E-state index contributed by atoms with van der Waals surface area (Å²) in [6.07, 6.45) is 85.0. The highest BCUT2D eigenvalue weighted by Crippen LogP contribution is 2.19. The minimum absolute atomic E-state index is 0.00472. The van der Waals surface area contributed by atoms with Crippen LogP contribution in [0.4, 0.5) is 0 Å². The Morgan fingerprint density at radius 1 is 0.346 bits per heavy atom. The number of aliphatic hydroxyl groups excluding tert-OH is 2. The van der Waals surface area contributed by atoms with E-state index in [-0.39, 0.29) is 18.5 Å². The van der Waals surface area contributed by atoms with Crippen LogP contribution in [0.2, 0.25) is 0 Å². The van der Waals surface area contributed by atoms with Crippen LogP contribution in [0.15, 0.2) is 24.3 Å². The molecule has 0 aliphatic rings. The van der Waals surface area contributed by atoms with Crippen molar-refractivity contribution >= 4 is 11.9 Å². The lowest BCUT2D eigenvalue weighted by molar-refractivity contribution is -0.143. The largest absolute Gasteiger partial charge is 0.466 e. The molecule has 0 radical (unpaired) electrons. The van der Waals surface area contributed by atoms with Gasteiger partial charge in [-0.05, 0) is 77.0 Å². The van der Waals surface area contributed by atoms with Gasteiger partial charge in [-0.15, -0.1) is 0 Å². The Morgan fingerprint density at radius 2 is 0.603 bits per heavy atom. The monoisotopic (exact) mass is 1100 g/mol. The predicted octanol–water partition coefficient (Wildman–Crippen LogP) is 22.9. The van der Waals surface area contributed by atoms with E-state index < -0.39 is 12.1 Å². The molecule has 2 unspecified atom stereocenters. The minimum atomic E-state index is -0.672.